The molecule has 18 heavy (non-hydrogen) atoms. The molecule has 1 saturated heterocycles. The van der Waals surface area contributed by atoms with Gasteiger partial charge in [-0.05, 0) is 38.0 Å². The number of amides is 1. The third-order valence-electron chi connectivity index (χ3n) is 3.15. The van der Waals surface area contributed by atoms with Gasteiger partial charge in [-0.15, -0.1) is 0 Å². The molecule has 2 rings (SSSR count). The van der Waals surface area contributed by atoms with Crippen molar-refractivity contribution >= 4 is 5.91 Å². The smallest absolute Gasteiger partial charge is 0.257 e. The maximum absolute atomic E-state index is 13.1. The summed E-state index contributed by atoms with van der Waals surface area (Å²) in [5, 5.41) is 19.5. The number of phenols is 1. The van der Waals surface area contributed by atoms with Crippen LogP contribution in [-0.2, 0) is 0 Å². The normalized spacial score (nSPS) is 24.1. The van der Waals surface area contributed by atoms with Crippen LogP contribution in [0.1, 0.15) is 30.1 Å². The summed E-state index contributed by atoms with van der Waals surface area (Å²) in [5.74, 6) is -1.27. The molecule has 1 aromatic carbocycles. The Morgan fingerprint density at radius 3 is 2.89 bits per heavy atom. The minimum absolute atomic E-state index is 0.0623. The number of carbonyl (C=O) groups excluding carboxylic acids is 1. The van der Waals surface area contributed by atoms with Crippen LogP contribution in [0.5, 0.6) is 5.75 Å². The predicted molar refractivity (Wildman–Crippen MR) is 63.8 cm³/mol. The van der Waals surface area contributed by atoms with Crippen molar-refractivity contribution in [2.75, 3.05) is 13.1 Å². The highest BCUT2D eigenvalue weighted by atomic mass is 19.1. The zero-order valence-electron chi connectivity index (χ0n) is 10.2. The van der Waals surface area contributed by atoms with Gasteiger partial charge in [0.05, 0.1) is 11.2 Å². The Balaban J connectivity index is 2.23. The molecule has 1 amide bonds. The molecule has 2 N–H and O–H groups in total. The van der Waals surface area contributed by atoms with E-state index in [1.54, 1.807) is 6.92 Å². The Kier molecular flexibility index (Phi) is 3.26. The van der Waals surface area contributed by atoms with Crippen LogP contribution in [0.2, 0.25) is 0 Å². The molecule has 0 aromatic heterocycles. The van der Waals surface area contributed by atoms with Gasteiger partial charge in [0.15, 0.2) is 0 Å². The molecule has 0 saturated carbocycles. The van der Waals surface area contributed by atoms with Crippen molar-refractivity contribution in [3.8, 4) is 5.75 Å². The first-order valence-corrected chi connectivity index (χ1v) is 5.89. The fourth-order valence-corrected chi connectivity index (χ4v) is 2.24. The fraction of sp³-hybridized carbons (Fsp3) is 0.462. The zero-order chi connectivity index (χ0) is 13.3. The topological polar surface area (TPSA) is 60.8 Å². The summed E-state index contributed by atoms with van der Waals surface area (Å²) >= 11 is 0. The first-order valence-electron chi connectivity index (χ1n) is 5.89. The number of nitrogens with zero attached hydrogens (tertiary/aromatic N) is 1. The lowest BCUT2D eigenvalue weighted by Crippen LogP contribution is -2.48. The first kappa shape index (κ1) is 12.8. The second-order valence-corrected chi connectivity index (χ2v) is 4.99. The number of phenolic OH excluding ortho intramolecular Hbond substituents is 1. The average molecular weight is 253 g/mol. The molecule has 5 heteroatoms. The van der Waals surface area contributed by atoms with E-state index >= 15 is 0 Å². The lowest BCUT2D eigenvalue weighted by molar-refractivity contribution is -0.0108. The fourth-order valence-electron chi connectivity index (χ4n) is 2.24. The Morgan fingerprint density at radius 2 is 2.22 bits per heavy atom. The van der Waals surface area contributed by atoms with E-state index in [-0.39, 0.29) is 17.9 Å². The molecular formula is C13H16FNO3. The number of β-amino-alcohol motifs (C(OH)–C–C–N with tert-alkyl or cyclic N) is 1. The molecule has 1 aliphatic heterocycles. The van der Waals surface area contributed by atoms with Crippen LogP contribution in [-0.4, -0.2) is 39.7 Å². The maximum atomic E-state index is 13.1. The van der Waals surface area contributed by atoms with Gasteiger partial charge in [-0.3, -0.25) is 4.79 Å². The van der Waals surface area contributed by atoms with Gasteiger partial charge < -0.3 is 15.1 Å². The monoisotopic (exact) mass is 253 g/mol. The number of rotatable bonds is 1. The first-order chi connectivity index (χ1) is 8.39. The van der Waals surface area contributed by atoms with Crippen LogP contribution in [0.25, 0.3) is 0 Å². The van der Waals surface area contributed by atoms with Gasteiger partial charge in [0.2, 0.25) is 0 Å². The van der Waals surface area contributed by atoms with Crippen molar-refractivity contribution in [3.63, 3.8) is 0 Å². The van der Waals surface area contributed by atoms with Crippen molar-refractivity contribution in [1.29, 1.82) is 0 Å². The quantitative estimate of drug-likeness (QED) is 0.797. The third-order valence-corrected chi connectivity index (χ3v) is 3.15. The van der Waals surface area contributed by atoms with Crippen molar-refractivity contribution < 1.29 is 19.4 Å². The second kappa shape index (κ2) is 4.57. The summed E-state index contributed by atoms with van der Waals surface area (Å²) < 4.78 is 13.1. The molecule has 98 valence electrons. The lowest BCUT2D eigenvalue weighted by atomic mass is 9.94. The van der Waals surface area contributed by atoms with E-state index in [9.17, 15) is 19.4 Å². The minimum Gasteiger partial charge on any atom is -0.507 e. The van der Waals surface area contributed by atoms with Crippen LogP contribution < -0.4 is 0 Å². The summed E-state index contributed by atoms with van der Waals surface area (Å²) in [6, 6.07) is 3.27. The van der Waals surface area contributed by atoms with E-state index in [4.69, 9.17) is 0 Å². The van der Waals surface area contributed by atoms with Crippen molar-refractivity contribution in [2.45, 2.75) is 25.4 Å². The number of piperidine rings is 1. The standard InChI is InChI=1S/C13H16FNO3/c1-13(18)5-2-6-15(8-13)12(17)10-7-9(14)3-4-11(10)16/h3-4,7,16,18H,2,5-6,8H2,1H3. The molecule has 1 fully saturated rings. The molecule has 0 bridgehead atoms. The van der Waals surface area contributed by atoms with Crippen LogP contribution in [0.15, 0.2) is 18.2 Å². The minimum atomic E-state index is -0.920. The number of halogens is 1. The Bertz CT molecular complexity index is 473. The number of carbonyl (C=O) groups is 1. The number of benzene rings is 1. The number of likely N-dealkylation sites (tertiary alicyclic amines) is 1. The molecule has 0 spiro atoms. The highest BCUT2D eigenvalue weighted by Crippen LogP contribution is 2.25. The molecule has 1 atom stereocenters. The Morgan fingerprint density at radius 1 is 1.50 bits per heavy atom. The van der Waals surface area contributed by atoms with Crippen molar-refractivity contribution in [3.05, 3.63) is 29.6 Å². The second-order valence-electron chi connectivity index (χ2n) is 4.99. The van der Waals surface area contributed by atoms with Gasteiger partial charge in [0.1, 0.15) is 11.6 Å². The van der Waals surface area contributed by atoms with Crippen molar-refractivity contribution in [1.82, 2.24) is 4.90 Å². The third kappa shape index (κ3) is 2.61. The van der Waals surface area contributed by atoms with Crippen LogP contribution >= 0.6 is 0 Å². The zero-order valence-corrected chi connectivity index (χ0v) is 10.2. The van der Waals surface area contributed by atoms with E-state index in [1.807, 2.05) is 0 Å². The number of hydrogen-bond acceptors (Lipinski definition) is 3. The van der Waals surface area contributed by atoms with E-state index in [1.165, 1.54) is 4.90 Å². The van der Waals surface area contributed by atoms with Gasteiger partial charge in [-0.25, -0.2) is 4.39 Å². The molecular weight excluding hydrogens is 237 g/mol. The molecule has 0 radical (unpaired) electrons. The highest BCUT2D eigenvalue weighted by molar-refractivity contribution is 5.96. The van der Waals surface area contributed by atoms with E-state index in [0.29, 0.717) is 19.4 Å². The number of aliphatic hydroxyl groups is 1. The van der Waals surface area contributed by atoms with Gasteiger partial charge in [-0.1, -0.05) is 0 Å². The van der Waals surface area contributed by atoms with Gasteiger partial charge in [0, 0.05) is 13.1 Å². The van der Waals surface area contributed by atoms with E-state index in [2.05, 4.69) is 0 Å². The van der Waals surface area contributed by atoms with Crippen molar-refractivity contribution in [2.24, 2.45) is 0 Å². The van der Waals surface area contributed by atoms with Crippen LogP contribution in [0.3, 0.4) is 0 Å². The summed E-state index contributed by atoms with van der Waals surface area (Å²) in [5.41, 5.74) is -0.982. The van der Waals surface area contributed by atoms with Crippen LogP contribution in [0.4, 0.5) is 4.39 Å². The molecule has 1 aromatic rings. The van der Waals surface area contributed by atoms with Gasteiger partial charge in [0.25, 0.3) is 5.91 Å². The molecule has 1 aliphatic rings. The maximum Gasteiger partial charge on any atom is 0.257 e. The number of hydrogen-bond donors (Lipinski definition) is 2. The molecule has 1 heterocycles. The summed E-state index contributed by atoms with van der Waals surface area (Å²) in [6.07, 6.45) is 1.32. The van der Waals surface area contributed by atoms with Gasteiger partial charge in [-0.2, -0.15) is 0 Å². The lowest BCUT2D eigenvalue weighted by Gasteiger charge is -2.36. The predicted octanol–water partition coefficient (Wildman–Crippen LogP) is 1.52. The Hall–Kier alpha value is -1.62. The molecule has 4 nitrogen and oxygen atoms in total. The largest absolute Gasteiger partial charge is 0.507 e. The molecule has 1 unspecified atom stereocenters. The molecule has 0 aliphatic carbocycles. The highest BCUT2D eigenvalue weighted by Gasteiger charge is 2.32. The average Bonchev–Trinajstić information content (AvgIpc) is 2.30. The van der Waals surface area contributed by atoms with Gasteiger partial charge >= 0.3 is 0 Å². The number of aromatic hydroxyl groups is 1. The summed E-state index contributed by atoms with van der Waals surface area (Å²) in [7, 11) is 0. The summed E-state index contributed by atoms with van der Waals surface area (Å²) in [4.78, 5) is 13.6. The Labute approximate surface area is 105 Å². The van der Waals surface area contributed by atoms with E-state index < -0.39 is 17.3 Å². The van der Waals surface area contributed by atoms with E-state index in [0.717, 1.165) is 18.2 Å². The SMILES string of the molecule is CC1(O)CCCN(C(=O)c2cc(F)ccc2O)C1. The van der Waals surface area contributed by atoms with Crippen LogP contribution in [0, 0.1) is 5.82 Å². The summed E-state index contributed by atoms with van der Waals surface area (Å²) in [6.45, 7) is 2.37.